The Morgan fingerprint density at radius 1 is 1.00 bits per heavy atom. The van der Waals surface area contributed by atoms with Gasteiger partial charge in [-0.2, -0.15) is 17.6 Å². The number of rotatable bonds is 0. The third-order valence-electron chi connectivity index (χ3n) is 1.47. The maximum absolute atomic E-state index is 11.9. The summed E-state index contributed by atoms with van der Waals surface area (Å²) >= 11 is 0. The highest BCUT2D eigenvalue weighted by Gasteiger charge is 2.70. The van der Waals surface area contributed by atoms with E-state index in [4.69, 9.17) is 0 Å². The number of halogens is 5. The Morgan fingerprint density at radius 3 is 1.50 bits per heavy atom. The van der Waals surface area contributed by atoms with Crippen molar-refractivity contribution in [2.45, 2.75) is 18.8 Å². The minimum Gasteiger partial charge on any atom is -0.205 e. The average molecular weight is 158 g/mol. The molecule has 0 heterocycles. The van der Waals surface area contributed by atoms with Crippen LogP contribution in [0.5, 0.6) is 0 Å². The van der Waals surface area contributed by atoms with E-state index in [0.717, 1.165) is 0 Å². The van der Waals surface area contributed by atoms with Gasteiger partial charge in [-0.25, -0.2) is 4.39 Å². The van der Waals surface area contributed by atoms with Crippen LogP contribution in [-0.4, -0.2) is 11.8 Å². The van der Waals surface area contributed by atoms with Crippen molar-refractivity contribution in [2.75, 3.05) is 0 Å². The topological polar surface area (TPSA) is 0 Å². The third-order valence-corrected chi connectivity index (χ3v) is 1.47. The molecule has 0 saturated heterocycles. The van der Waals surface area contributed by atoms with Crippen molar-refractivity contribution in [1.29, 1.82) is 0 Å². The van der Waals surface area contributed by atoms with Gasteiger partial charge in [0.15, 0.2) is 5.83 Å². The molecular formula is C5H3F5. The lowest BCUT2D eigenvalue weighted by molar-refractivity contribution is -0.203. The Bertz CT molecular complexity index is 180. The van der Waals surface area contributed by atoms with E-state index >= 15 is 0 Å². The van der Waals surface area contributed by atoms with Crippen molar-refractivity contribution in [3.8, 4) is 0 Å². The molecule has 0 N–H and O–H groups in total. The van der Waals surface area contributed by atoms with Gasteiger partial charge in [-0.3, -0.25) is 0 Å². The van der Waals surface area contributed by atoms with Gasteiger partial charge in [-0.15, -0.1) is 0 Å². The predicted octanol–water partition coefficient (Wildman–Crippen LogP) is 2.51. The number of hydrogen-bond donors (Lipinski definition) is 0. The van der Waals surface area contributed by atoms with E-state index in [1.54, 1.807) is 0 Å². The fourth-order valence-corrected chi connectivity index (χ4v) is 0.684. The zero-order chi connectivity index (χ0) is 8.15. The molecule has 5 heteroatoms. The molecule has 0 amide bonds. The lowest BCUT2D eigenvalue weighted by atomic mass is 9.89. The standard InChI is InChI=1S/C5H3F5/c1-2-3(6)5(9,10)4(2,7)8/h1H3. The lowest BCUT2D eigenvalue weighted by Crippen LogP contribution is -2.51. The number of alkyl halides is 4. The van der Waals surface area contributed by atoms with Crippen molar-refractivity contribution in [3.05, 3.63) is 11.4 Å². The number of allylic oxidation sites excluding steroid dienone is 2. The van der Waals surface area contributed by atoms with Crippen LogP contribution in [0.15, 0.2) is 11.4 Å². The zero-order valence-corrected chi connectivity index (χ0v) is 4.89. The molecule has 0 aromatic carbocycles. The van der Waals surface area contributed by atoms with Gasteiger partial charge in [0.1, 0.15) is 0 Å². The molecule has 0 nitrogen and oxygen atoms in total. The van der Waals surface area contributed by atoms with Gasteiger partial charge >= 0.3 is 11.8 Å². The summed E-state index contributed by atoms with van der Waals surface area (Å²) in [6, 6.07) is 0. The van der Waals surface area contributed by atoms with Crippen molar-refractivity contribution >= 4 is 0 Å². The molecule has 0 unspecified atom stereocenters. The summed E-state index contributed by atoms with van der Waals surface area (Å²) in [5.74, 6) is -10.9. The lowest BCUT2D eigenvalue weighted by Gasteiger charge is -2.34. The van der Waals surface area contributed by atoms with Crippen LogP contribution in [-0.2, 0) is 0 Å². The Kier molecular flexibility index (Phi) is 1.14. The maximum atomic E-state index is 11.9. The van der Waals surface area contributed by atoms with Crippen molar-refractivity contribution in [2.24, 2.45) is 0 Å². The molecular weight excluding hydrogens is 155 g/mol. The fourth-order valence-electron chi connectivity index (χ4n) is 0.684. The molecule has 10 heavy (non-hydrogen) atoms. The molecule has 0 aromatic heterocycles. The molecule has 0 atom stereocenters. The first-order chi connectivity index (χ1) is 4.32. The average Bonchev–Trinajstić information content (AvgIpc) is 1.84. The van der Waals surface area contributed by atoms with E-state index < -0.39 is 23.2 Å². The Labute approximate surface area is 53.3 Å². The summed E-state index contributed by atoms with van der Waals surface area (Å²) < 4.78 is 59.2. The first-order valence-corrected chi connectivity index (χ1v) is 2.44. The Hall–Kier alpha value is -0.610. The van der Waals surface area contributed by atoms with Crippen LogP contribution in [0.3, 0.4) is 0 Å². The SMILES string of the molecule is CC1=C(F)C(F)(F)C1(F)F. The van der Waals surface area contributed by atoms with Crippen LogP contribution >= 0.6 is 0 Å². The monoisotopic (exact) mass is 158 g/mol. The maximum Gasteiger partial charge on any atom is 0.365 e. The van der Waals surface area contributed by atoms with Gasteiger partial charge in [0.25, 0.3) is 0 Å². The van der Waals surface area contributed by atoms with Crippen LogP contribution in [0.1, 0.15) is 6.92 Å². The van der Waals surface area contributed by atoms with Crippen LogP contribution in [0.2, 0.25) is 0 Å². The first-order valence-electron chi connectivity index (χ1n) is 2.44. The summed E-state index contributed by atoms with van der Waals surface area (Å²) in [5, 5.41) is 0. The zero-order valence-electron chi connectivity index (χ0n) is 4.89. The first kappa shape index (κ1) is 7.50. The third kappa shape index (κ3) is 0.507. The van der Waals surface area contributed by atoms with E-state index in [1.165, 1.54) is 0 Å². The van der Waals surface area contributed by atoms with Gasteiger partial charge in [-0.1, -0.05) is 0 Å². The van der Waals surface area contributed by atoms with Gasteiger partial charge < -0.3 is 0 Å². The second kappa shape index (κ2) is 1.52. The minimum atomic E-state index is -4.57. The summed E-state index contributed by atoms with van der Waals surface area (Å²) in [6.45, 7) is 0.646. The summed E-state index contributed by atoms with van der Waals surface area (Å²) in [5.41, 5.74) is -1.17. The largest absolute Gasteiger partial charge is 0.365 e. The second-order valence-electron chi connectivity index (χ2n) is 2.09. The Morgan fingerprint density at radius 2 is 1.40 bits per heavy atom. The number of hydrogen-bond acceptors (Lipinski definition) is 0. The predicted molar refractivity (Wildman–Crippen MR) is 23.7 cm³/mol. The normalized spacial score (nSPS) is 28.2. The molecule has 0 radical (unpaired) electrons. The van der Waals surface area contributed by atoms with Crippen LogP contribution in [0.4, 0.5) is 22.0 Å². The fraction of sp³-hybridized carbons (Fsp3) is 0.600. The quantitative estimate of drug-likeness (QED) is 0.475. The van der Waals surface area contributed by atoms with E-state index in [9.17, 15) is 22.0 Å². The van der Waals surface area contributed by atoms with Crippen LogP contribution < -0.4 is 0 Å². The molecule has 0 aliphatic heterocycles. The smallest absolute Gasteiger partial charge is 0.205 e. The van der Waals surface area contributed by atoms with Gasteiger partial charge in [0.2, 0.25) is 0 Å². The van der Waals surface area contributed by atoms with Gasteiger partial charge in [0, 0.05) is 5.57 Å². The van der Waals surface area contributed by atoms with E-state index in [-0.39, 0.29) is 0 Å². The van der Waals surface area contributed by atoms with E-state index in [2.05, 4.69) is 0 Å². The molecule has 0 aromatic rings. The highest BCUT2D eigenvalue weighted by Crippen LogP contribution is 2.55. The molecule has 0 spiro atoms. The highest BCUT2D eigenvalue weighted by molar-refractivity contribution is 5.37. The van der Waals surface area contributed by atoms with E-state index in [1.807, 2.05) is 0 Å². The highest BCUT2D eigenvalue weighted by atomic mass is 19.3. The van der Waals surface area contributed by atoms with Crippen LogP contribution in [0, 0.1) is 0 Å². The summed E-state index contributed by atoms with van der Waals surface area (Å²) in [4.78, 5) is 0. The van der Waals surface area contributed by atoms with E-state index in [0.29, 0.717) is 6.92 Å². The van der Waals surface area contributed by atoms with Crippen molar-refractivity contribution in [3.63, 3.8) is 0 Å². The molecule has 1 rings (SSSR count). The van der Waals surface area contributed by atoms with Gasteiger partial charge in [-0.05, 0) is 6.92 Å². The second-order valence-corrected chi connectivity index (χ2v) is 2.09. The molecule has 0 bridgehead atoms. The Balaban J connectivity index is 3.10. The molecule has 0 saturated carbocycles. The van der Waals surface area contributed by atoms with Crippen molar-refractivity contribution < 1.29 is 22.0 Å². The van der Waals surface area contributed by atoms with Crippen molar-refractivity contribution in [1.82, 2.24) is 0 Å². The summed E-state index contributed by atoms with van der Waals surface area (Å²) in [7, 11) is 0. The van der Waals surface area contributed by atoms with Gasteiger partial charge in [0.05, 0.1) is 0 Å². The molecule has 0 fully saturated rings. The molecule has 58 valence electrons. The molecule has 1 aliphatic carbocycles. The molecule has 1 aliphatic rings. The minimum absolute atomic E-state index is 0.646. The van der Waals surface area contributed by atoms with Crippen LogP contribution in [0.25, 0.3) is 0 Å². The summed E-state index contributed by atoms with van der Waals surface area (Å²) in [6.07, 6.45) is 0.